The molecule has 0 radical (unpaired) electrons. The van der Waals surface area contributed by atoms with E-state index in [0.717, 1.165) is 22.1 Å². The standard InChI is InChI=1S/C45H28N2/c1-45(2)39-17-9-6-14-33(39)34-23-22-32(28-40(34)45)47-42-19-11-8-16-36(42)38-27-30(21-25-44(38)47)29-20-24-43-37(26-29)35-15-7-10-18-41(35)46(43)31-12-4-3-5-13-31/h4,6-9,11-17,19-28H,1-2H3. The van der Waals surface area contributed by atoms with Gasteiger partial charge in [0, 0.05) is 38.7 Å². The van der Waals surface area contributed by atoms with Gasteiger partial charge in [-0.25, -0.2) is 0 Å². The fourth-order valence-electron chi connectivity index (χ4n) is 8.03. The highest BCUT2D eigenvalue weighted by Crippen LogP contribution is 2.49. The lowest BCUT2D eigenvalue weighted by atomic mass is 9.82. The van der Waals surface area contributed by atoms with E-state index in [2.05, 4.69) is 163 Å². The minimum absolute atomic E-state index is 0.0529. The van der Waals surface area contributed by atoms with Crippen LogP contribution in [0.1, 0.15) is 25.0 Å². The van der Waals surface area contributed by atoms with Crippen LogP contribution in [0.5, 0.6) is 0 Å². The molecule has 1 aliphatic carbocycles. The van der Waals surface area contributed by atoms with E-state index in [-0.39, 0.29) is 5.41 Å². The minimum atomic E-state index is -0.0529. The smallest absolute Gasteiger partial charge is 0.105 e. The van der Waals surface area contributed by atoms with Gasteiger partial charge in [-0.2, -0.15) is 0 Å². The molecule has 0 saturated carbocycles. The molecule has 0 atom stereocenters. The third kappa shape index (κ3) is 3.59. The summed E-state index contributed by atoms with van der Waals surface area (Å²) in [6.07, 6.45) is 0. The average molecular weight is 597 g/mol. The van der Waals surface area contributed by atoms with Crippen LogP contribution in [0.4, 0.5) is 0 Å². The van der Waals surface area contributed by atoms with Crippen LogP contribution in [0.3, 0.4) is 0 Å². The highest BCUT2D eigenvalue weighted by molar-refractivity contribution is 6.12. The van der Waals surface area contributed by atoms with Gasteiger partial charge in [0.25, 0.3) is 0 Å². The summed E-state index contributed by atoms with van der Waals surface area (Å²) >= 11 is 0. The fourth-order valence-corrected chi connectivity index (χ4v) is 8.03. The molecule has 2 nitrogen and oxygen atoms in total. The van der Waals surface area contributed by atoms with E-state index < -0.39 is 0 Å². The van der Waals surface area contributed by atoms with Crippen molar-refractivity contribution in [3.63, 3.8) is 0 Å². The lowest BCUT2D eigenvalue weighted by Crippen LogP contribution is -2.15. The molecule has 2 aromatic heterocycles. The average Bonchev–Trinajstić information content (AvgIpc) is 3.71. The molecule has 7 aromatic carbocycles. The molecule has 218 valence electrons. The summed E-state index contributed by atoms with van der Waals surface area (Å²) < 4.78 is 4.67. The van der Waals surface area contributed by atoms with Crippen molar-refractivity contribution < 1.29 is 0 Å². The van der Waals surface area contributed by atoms with E-state index in [4.69, 9.17) is 0 Å². The Balaban J connectivity index is 1.15. The van der Waals surface area contributed by atoms with Crippen molar-refractivity contribution in [1.82, 2.24) is 9.13 Å². The van der Waals surface area contributed by atoms with Crippen molar-refractivity contribution in [1.29, 1.82) is 0 Å². The van der Waals surface area contributed by atoms with Crippen LogP contribution >= 0.6 is 0 Å². The first-order chi connectivity index (χ1) is 23.1. The van der Waals surface area contributed by atoms with Gasteiger partial charge in [-0.3, -0.25) is 0 Å². The van der Waals surface area contributed by atoms with Gasteiger partial charge in [0.05, 0.1) is 22.2 Å². The summed E-state index contributed by atoms with van der Waals surface area (Å²) in [4.78, 5) is 0. The predicted octanol–water partition coefficient (Wildman–Crippen LogP) is 11.1. The van der Waals surface area contributed by atoms with E-state index in [0.29, 0.717) is 0 Å². The predicted molar refractivity (Wildman–Crippen MR) is 193 cm³/mol. The van der Waals surface area contributed by atoms with Crippen molar-refractivity contribution in [3.8, 4) is 33.6 Å². The molecule has 2 heterocycles. The Morgan fingerprint density at radius 3 is 2.02 bits per heavy atom. The summed E-state index contributed by atoms with van der Waals surface area (Å²) in [6.45, 7) is 4.70. The van der Waals surface area contributed by atoms with Gasteiger partial charge in [0.15, 0.2) is 0 Å². The van der Waals surface area contributed by atoms with E-state index in [9.17, 15) is 0 Å². The molecule has 0 unspecified atom stereocenters. The second-order valence-electron chi connectivity index (χ2n) is 13.1. The van der Waals surface area contributed by atoms with E-state index in [1.807, 2.05) is 18.2 Å². The molecule has 0 aliphatic heterocycles. The van der Waals surface area contributed by atoms with E-state index in [1.165, 1.54) is 66.3 Å². The van der Waals surface area contributed by atoms with Crippen LogP contribution in [0, 0.1) is 24.3 Å². The van der Waals surface area contributed by atoms with Crippen molar-refractivity contribution >= 4 is 43.6 Å². The summed E-state index contributed by atoms with van der Waals surface area (Å²) in [7, 11) is 0. The maximum atomic E-state index is 3.37. The van der Waals surface area contributed by atoms with Crippen molar-refractivity contribution in [2.75, 3.05) is 0 Å². The van der Waals surface area contributed by atoms with Crippen LogP contribution in [0.15, 0.2) is 133 Å². The fraction of sp³-hybridized carbons (Fsp3) is 0.0667. The monoisotopic (exact) mass is 596 g/mol. The third-order valence-corrected chi connectivity index (χ3v) is 10.3. The van der Waals surface area contributed by atoms with E-state index in [1.54, 1.807) is 0 Å². The van der Waals surface area contributed by atoms with Gasteiger partial charge in [0.1, 0.15) is 5.52 Å². The third-order valence-electron chi connectivity index (χ3n) is 10.3. The molecular formula is C45H28N2. The van der Waals surface area contributed by atoms with Gasteiger partial charge < -0.3 is 9.13 Å². The number of benzene rings is 5. The maximum Gasteiger partial charge on any atom is 0.105 e. The Labute approximate surface area is 273 Å². The highest BCUT2D eigenvalue weighted by atomic mass is 15.0. The zero-order valence-corrected chi connectivity index (χ0v) is 26.1. The number of hydrogen-bond donors (Lipinski definition) is 0. The number of rotatable bonds is 3. The van der Waals surface area contributed by atoms with Crippen LogP contribution in [-0.2, 0) is 5.41 Å². The molecular weight excluding hydrogens is 569 g/mol. The van der Waals surface area contributed by atoms with Crippen molar-refractivity contribution in [2.45, 2.75) is 19.3 Å². The number of para-hydroxylation sites is 1. The summed E-state index contributed by atoms with van der Waals surface area (Å²) in [5.74, 6) is 0. The Bertz CT molecular complexity index is 2700. The van der Waals surface area contributed by atoms with Crippen molar-refractivity contribution in [2.24, 2.45) is 0 Å². The molecule has 0 saturated heterocycles. The number of aromatic nitrogens is 2. The molecule has 0 spiro atoms. The Hall–Kier alpha value is -6.22. The Morgan fingerprint density at radius 1 is 0.489 bits per heavy atom. The molecule has 10 rings (SSSR count). The first-order valence-electron chi connectivity index (χ1n) is 16.1. The topological polar surface area (TPSA) is 9.86 Å². The van der Waals surface area contributed by atoms with Crippen LogP contribution in [-0.4, -0.2) is 9.13 Å². The van der Waals surface area contributed by atoms with Crippen molar-refractivity contribution in [3.05, 3.63) is 169 Å². The molecule has 0 amide bonds. The van der Waals surface area contributed by atoms with Gasteiger partial charge in [-0.05, 0) is 106 Å². The van der Waals surface area contributed by atoms with Crippen LogP contribution in [0.25, 0.3) is 77.2 Å². The largest absolute Gasteiger partial charge is 0.309 e. The molecule has 1 aliphatic rings. The molecule has 2 heteroatoms. The summed E-state index contributed by atoms with van der Waals surface area (Å²) in [5, 5.41) is 4.86. The molecule has 9 aromatic rings. The molecule has 47 heavy (non-hydrogen) atoms. The highest BCUT2D eigenvalue weighted by Gasteiger charge is 2.35. The van der Waals surface area contributed by atoms with Crippen LogP contribution in [0.2, 0.25) is 0 Å². The first kappa shape index (κ1) is 26.0. The second kappa shape index (κ2) is 9.40. The molecule has 0 fully saturated rings. The normalized spacial score (nSPS) is 13.1. The quantitative estimate of drug-likeness (QED) is 0.192. The zero-order valence-electron chi connectivity index (χ0n) is 26.1. The molecule has 0 N–H and O–H groups in total. The molecule has 0 bridgehead atoms. The van der Waals surface area contributed by atoms with Gasteiger partial charge in [0.2, 0.25) is 0 Å². The number of nitrogens with zero attached hydrogens (tertiary/aromatic N) is 2. The summed E-state index contributed by atoms with van der Waals surface area (Å²) in [5.41, 5.74) is 14.6. The SMILES string of the molecule is CC1(C)c2ccccc2-c2ccc(-n3c4ccccc4c4cc(-c5ccc6c(c5)c5ccc#cc5n6-c5cc#ccc5)ccc43)cc21. The minimum Gasteiger partial charge on any atom is -0.309 e. The summed E-state index contributed by atoms with van der Waals surface area (Å²) in [6, 6.07) is 61.1. The van der Waals surface area contributed by atoms with Crippen LogP contribution < -0.4 is 0 Å². The van der Waals surface area contributed by atoms with E-state index >= 15 is 0 Å². The Morgan fingerprint density at radius 2 is 1.19 bits per heavy atom. The second-order valence-corrected chi connectivity index (χ2v) is 13.1. The zero-order chi connectivity index (χ0) is 31.3. The van der Waals surface area contributed by atoms with Gasteiger partial charge in [-0.1, -0.05) is 92.7 Å². The Kier molecular flexibility index (Phi) is 5.21. The number of fused-ring (bicyclic) bond motifs is 9. The number of hydrogen-bond acceptors (Lipinski definition) is 0. The lowest BCUT2D eigenvalue weighted by molar-refractivity contribution is 0.660. The maximum absolute atomic E-state index is 3.37. The van der Waals surface area contributed by atoms with Gasteiger partial charge >= 0.3 is 0 Å². The first-order valence-corrected chi connectivity index (χ1v) is 16.1. The lowest BCUT2D eigenvalue weighted by Gasteiger charge is -2.22. The van der Waals surface area contributed by atoms with Gasteiger partial charge in [-0.15, -0.1) is 0 Å².